The molecule has 5 nitrogen and oxygen atoms in total. The minimum absolute atomic E-state index is 0.602. The molecule has 0 radical (unpaired) electrons. The van der Waals surface area contributed by atoms with E-state index in [9.17, 15) is 0 Å². The van der Waals surface area contributed by atoms with Gasteiger partial charge in [0.15, 0.2) is 0 Å². The molecule has 1 aromatic heterocycles. The number of likely N-dealkylation sites (N-methyl/N-ethyl adjacent to an activating group) is 2. The molecule has 1 aromatic rings. The second-order valence-electron chi connectivity index (χ2n) is 5.99. The number of rotatable bonds is 2. The Bertz CT molecular complexity index is 453. The van der Waals surface area contributed by atoms with Gasteiger partial charge in [0.2, 0.25) is 0 Å². The molecule has 5 heteroatoms. The molecule has 0 aromatic carbocycles. The van der Waals surface area contributed by atoms with Gasteiger partial charge in [-0.2, -0.15) is 0 Å². The van der Waals surface area contributed by atoms with Crippen molar-refractivity contribution in [2.45, 2.75) is 32.5 Å². The number of nitrogens with zero attached hydrogens (tertiary/aromatic N) is 4. The third-order valence-electron chi connectivity index (χ3n) is 4.55. The average Bonchev–Trinajstić information content (AvgIpc) is 2.71. The second-order valence-corrected chi connectivity index (χ2v) is 5.99. The molecular formula is C14H25N5. The van der Waals surface area contributed by atoms with E-state index in [1.165, 1.54) is 30.3 Å². The number of imidazole rings is 1. The number of hydrogen-bond donors (Lipinski definition) is 1. The Balaban J connectivity index is 1.80. The fourth-order valence-electron chi connectivity index (χ4n) is 3.26. The summed E-state index contributed by atoms with van der Waals surface area (Å²) in [5.41, 5.74) is 2.72. The normalized spacial score (nSPS) is 25.5. The Morgan fingerprint density at radius 3 is 3.00 bits per heavy atom. The lowest BCUT2D eigenvalue weighted by molar-refractivity contribution is 0.102. The van der Waals surface area contributed by atoms with Crippen molar-refractivity contribution in [3.8, 4) is 0 Å². The number of aryl methyl sites for hydroxylation is 1. The molecule has 1 N–H and O–H groups in total. The lowest BCUT2D eigenvalue weighted by Crippen LogP contribution is -2.51. The maximum Gasteiger partial charge on any atom is 0.106 e. The summed E-state index contributed by atoms with van der Waals surface area (Å²) in [4.78, 5) is 9.66. The molecule has 0 saturated carbocycles. The van der Waals surface area contributed by atoms with Gasteiger partial charge in [-0.1, -0.05) is 0 Å². The zero-order valence-electron chi connectivity index (χ0n) is 12.3. The summed E-state index contributed by atoms with van der Waals surface area (Å²) in [6.45, 7) is 8.74. The highest BCUT2D eigenvalue weighted by atomic mass is 15.3. The molecule has 1 fully saturated rings. The number of hydrogen-bond acceptors (Lipinski definition) is 4. The number of fused-ring (bicyclic) bond motifs is 1. The van der Waals surface area contributed by atoms with Crippen molar-refractivity contribution in [3.63, 3.8) is 0 Å². The van der Waals surface area contributed by atoms with Gasteiger partial charge < -0.3 is 14.8 Å². The van der Waals surface area contributed by atoms with Crippen LogP contribution in [0.1, 0.15) is 17.2 Å². The van der Waals surface area contributed by atoms with Crippen LogP contribution in [0.5, 0.6) is 0 Å². The molecule has 2 aliphatic heterocycles. The van der Waals surface area contributed by atoms with Crippen LogP contribution in [0, 0.1) is 6.92 Å². The molecule has 19 heavy (non-hydrogen) atoms. The molecule has 1 atom stereocenters. The highest BCUT2D eigenvalue weighted by Crippen LogP contribution is 2.18. The first-order valence-electron chi connectivity index (χ1n) is 7.29. The van der Waals surface area contributed by atoms with Crippen molar-refractivity contribution < 1.29 is 0 Å². The van der Waals surface area contributed by atoms with Gasteiger partial charge >= 0.3 is 0 Å². The van der Waals surface area contributed by atoms with E-state index < -0.39 is 0 Å². The standard InChI is InChI=1S/C14H25N5/c1-11-16-13-8-15-5-4-14(13)19(11)10-12-9-17(2)6-7-18(12)3/h12,15H,4-10H2,1-3H3. The quantitative estimate of drug-likeness (QED) is 0.820. The second kappa shape index (κ2) is 5.23. The molecule has 106 valence electrons. The van der Waals surface area contributed by atoms with E-state index in [1.807, 2.05) is 0 Å². The summed E-state index contributed by atoms with van der Waals surface area (Å²) in [7, 11) is 4.47. The SMILES string of the molecule is Cc1nc2c(n1CC1CN(C)CCN1C)CCNC2. The maximum atomic E-state index is 4.73. The summed E-state index contributed by atoms with van der Waals surface area (Å²) >= 11 is 0. The van der Waals surface area contributed by atoms with Crippen LogP contribution < -0.4 is 5.32 Å². The first kappa shape index (κ1) is 13.1. The Morgan fingerprint density at radius 1 is 1.32 bits per heavy atom. The summed E-state index contributed by atoms with van der Waals surface area (Å²) in [6.07, 6.45) is 1.11. The first-order valence-corrected chi connectivity index (χ1v) is 7.29. The van der Waals surface area contributed by atoms with Crippen LogP contribution in [0.25, 0.3) is 0 Å². The molecule has 0 amide bonds. The topological polar surface area (TPSA) is 36.3 Å². The summed E-state index contributed by atoms with van der Waals surface area (Å²) in [5, 5.41) is 3.41. The molecule has 3 rings (SSSR count). The molecule has 1 saturated heterocycles. The number of aromatic nitrogens is 2. The van der Waals surface area contributed by atoms with Crippen molar-refractivity contribution >= 4 is 0 Å². The fourth-order valence-corrected chi connectivity index (χ4v) is 3.26. The van der Waals surface area contributed by atoms with Crippen molar-refractivity contribution in [1.29, 1.82) is 0 Å². The van der Waals surface area contributed by atoms with Crippen LogP contribution in [0.4, 0.5) is 0 Å². The number of nitrogens with one attached hydrogen (secondary N) is 1. The van der Waals surface area contributed by atoms with Crippen LogP contribution in [0.15, 0.2) is 0 Å². The van der Waals surface area contributed by atoms with Gasteiger partial charge in [-0.25, -0.2) is 4.98 Å². The van der Waals surface area contributed by atoms with Crippen molar-refractivity contribution in [1.82, 2.24) is 24.7 Å². The Hall–Kier alpha value is -0.910. The van der Waals surface area contributed by atoms with Crippen LogP contribution in [0.3, 0.4) is 0 Å². The zero-order valence-corrected chi connectivity index (χ0v) is 12.3. The van der Waals surface area contributed by atoms with Crippen molar-refractivity contribution in [3.05, 3.63) is 17.2 Å². The van der Waals surface area contributed by atoms with Gasteiger partial charge in [0.25, 0.3) is 0 Å². The van der Waals surface area contributed by atoms with Gasteiger partial charge in [-0.3, -0.25) is 4.90 Å². The van der Waals surface area contributed by atoms with Gasteiger partial charge in [-0.15, -0.1) is 0 Å². The molecule has 3 heterocycles. The summed E-state index contributed by atoms with van der Waals surface area (Å²) in [5.74, 6) is 1.18. The average molecular weight is 263 g/mol. The predicted octanol–water partition coefficient (Wildman–Crippen LogP) is 0.0830. The van der Waals surface area contributed by atoms with Crippen LogP contribution in [-0.2, 0) is 19.5 Å². The van der Waals surface area contributed by atoms with Gasteiger partial charge in [0.05, 0.1) is 5.69 Å². The van der Waals surface area contributed by atoms with E-state index in [1.54, 1.807) is 0 Å². The van der Waals surface area contributed by atoms with Gasteiger partial charge in [0.1, 0.15) is 5.82 Å². The predicted molar refractivity (Wildman–Crippen MR) is 76.3 cm³/mol. The Morgan fingerprint density at radius 2 is 2.16 bits per heavy atom. The van der Waals surface area contributed by atoms with E-state index >= 15 is 0 Å². The van der Waals surface area contributed by atoms with E-state index in [0.717, 1.165) is 32.6 Å². The highest BCUT2D eigenvalue weighted by molar-refractivity contribution is 5.20. The Kier molecular flexibility index (Phi) is 3.60. The molecule has 0 aliphatic carbocycles. The highest BCUT2D eigenvalue weighted by Gasteiger charge is 2.25. The van der Waals surface area contributed by atoms with Crippen molar-refractivity contribution in [2.75, 3.05) is 40.3 Å². The number of piperazine rings is 1. The molecular weight excluding hydrogens is 238 g/mol. The third-order valence-corrected chi connectivity index (χ3v) is 4.55. The molecule has 0 bridgehead atoms. The van der Waals surface area contributed by atoms with Crippen molar-refractivity contribution in [2.24, 2.45) is 0 Å². The summed E-state index contributed by atoms with van der Waals surface area (Å²) < 4.78 is 2.45. The summed E-state index contributed by atoms with van der Waals surface area (Å²) in [6, 6.07) is 0.602. The van der Waals surface area contributed by atoms with E-state index in [4.69, 9.17) is 4.98 Å². The monoisotopic (exact) mass is 263 g/mol. The zero-order chi connectivity index (χ0) is 13.4. The van der Waals surface area contributed by atoms with Crippen LogP contribution in [-0.4, -0.2) is 65.7 Å². The largest absolute Gasteiger partial charge is 0.330 e. The van der Waals surface area contributed by atoms with Gasteiger partial charge in [0, 0.05) is 57.4 Å². The molecule has 1 unspecified atom stereocenters. The Labute approximate surface area is 115 Å². The molecule has 0 spiro atoms. The smallest absolute Gasteiger partial charge is 0.106 e. The minimum atomic E-state index is 0.602. The van der Waals surface area contributed by atoms with Crippen LogP contribution in [0.2, 0.25) is 0 Å². The van der Waals surface area contributed by atoms with E-state index in [0.29, 0.717) is 6.04 Å². The van der Waals surface area contributed by atoms with Gasteiger partial charge in [-0.05, 0) is 21.0 Å². The lowest BCUT2D eigenvalue weighted by atomic mass is 10.1. The van der Waals surface area contributed by atoms with E-state index in [2.05, 4.69) is 40.7 Å². The lowest BCUT2D eigenvalue weighted by Gasteiger charge is -2.38. The fraction of sp³-hybridized carbons (Fsp3) is 0.786. The first-order chi connectivity index (χ1) is 9.15. The minimum Gasteiger partial charge on any atom is -0.330 e. The van der Waals surface area contributed by atoms with E-state index in [-0.39, 0.29) is 0 Å². The third kappa shape index (κ3) is 2.55. The van der Waals surface area contributed by atoms with Crippen LogP contribution >= 0.6 is 0 Å². The molecule has 2 aliphatic rings. The maximum absolute atomic E-state index is 4.73.